The van der Waals surface area contributed by atoms with Crippen LogP contribution >= 0.6 is 15.9 Å². The molecular formula is C14H17BrN2O2. The van der Waals surface area contributed by atoms with E-state index in [1.165, 1.54) is 0 Å². The third-order valence-electron chi connectivity index (χ3n) is 3.12. The molecule has 2 heterocycles. The van der Waals surface area contributed by atoms with Gasteiger partial charge in [-0.25, -0.2) is 0 Å². The summed E-state index contributed by atoms with van der Waals surface area (Å²) in [5, 5.41) is 4.38. The Labute approximate surface area is 120 Å². The van der Waals surface area contributed by atoms with E-state index in [0.29, 0.717) is 12.2 Å². The van der Waals surface area contributed by atoms with Crippen LogP contribution in [0.1, 0.15) is 41.6 Å². The molecule has 0 N–H and O–H groups in total. The highest BCUT2D eigenvalue weighted by atomic mass is 79.9. The van der Waals surface area contributed by atoms with Crippen molar-refractivity contribution in [3.05, 3.63) is 39.5 Å². The maximum absolute atomic E-state index is 12.2. The minimum atomic E-state index is -0.0222. The van der Waals surface area contributed by atoms with Gasteiger partial charge in [-0.15, -0.1) is 0 Å². The number of carbonyl (C=O) groups excluding carboxylic acids is 1. The number of ketones is 1. The summed E-state index contributed by atoms with van der Waals surface area (Å²) in [6.45, 7) is 4.04. The van der Waals surface area contributed by atoms with Crippen LogP contribution in [0.3, 0.4) is 0 Å². The molecule has 102 valence electrons. The molecule has 2 aromatic rings. The molecule has 0 radical (unpaired) electrons. The van der Waals surface area contributed by atoms with E-state index in [2.05, 4.69) is 21.0 Å². The lowest BCUT2D eigenvalue weighted by atomic mass is 10.1. The lowest BCUT2D eigenvalue weighted by Crippen LogP contribution is -2.07. The van der Waals surface area contributed by atoms with E-state index in [4.69, 9.17) is 4.42 Å². The minimum Gasteiger partial charge on any atom is -0.458 e. The number of halogens is 1. The summed E-state index contributed by atoms with van der Waals surface area (Å²) in [4.78, 5) is 12.2. The Morgan fingerprint density at radius 2 is 2.11 bits per heavy atom. The van der Waals surface area contributed by atoms with Crippen LogP contribution in [-0.4, -0.2) is 15.6 Å². The van der Waals surface area contributed by atoms with Crippen LogP contribution in [-0.2, 0) is 26.3 Å². The first-order valence-corrected chi connectivity index (χ1v) is 7.18. The van der Waals surface area contributed by atoms with Crippen molar-refractivity contribution in [3.63, 3.8) is 0 Å². The Balaban J connectivity index is 2.21. The summed E-state index contributed by atoms with van der Waals surface area (Å²) in [5.74, 6) is 1.23. The summed E-state index contributed by atoms with van der Waals surface area (Å²) in [6.07, 6.45) is 1.92. The third kappa shape index (κ3) is 2.81. The molecule has 0 saturated heterocycles. The van der Waals surface area contributed by atoms with E-state index in [1.807, 2.05) is 27.0 Å². The molecule has 0 unspecified atom stereocenters. The van der Waals surface area contributed by atoms with Crippen molar-refractivity contribution >= 4 is 21.7 Å². The highest BCUT2D eigenvalue weighted by Crippen LogP contribution is 2.23. The van der Waals surface area contributed by atoms with Crippen LogP contribution in [0.2, 0.25) is 0 Å². The molecule has 0 fully saturated rings. The fourth-order valence-corrected chi connectivity index (χ4v) is 2.73. The highest BCUT2D eigenvalue weighted by Gasteiger charge is 2.18. The van der Waals surface area contributed by atoms with Gasteiger partial charge in [-0.2, -0.15) is 5.10 Å². The lowest BCUT2D eigenvalue weighted by Gasteiger charge is -2.00. The van der Waals surface area contributed by atoms with Crippen molar-refractivity contribution in [1.29, 1.82) is 0 Å². The summed E-state index contributed by atoms with van der Waals surface area (Å²) in [7, 11) is 1.85. The molecule has 2 rings (SSSR count). The Kier molecular flexibility index (Phi) is 4.24. The second kappa shape index (κ2) is 5.74. The molecule has 0 aliphatic carbocycles. The Bertz CT molecular complexity index is 599. The maximum atomic E-state index is 12.2. The second-order valence-electron chi connectivity index (χ2n) is 4.40. The average molecular weight is 325 g/mol. The molecule has 0 atom stereocenters. The van der Waals surface area contributed by atoms with Crippen molar-refractivity contribution in [2.45, 2.75) is 33.1 Å². The molecule has 0 spiro atoms. The number of furan rings is 1. The number of rotatable bonds is 5. The van der Waals surface area contributed by atoms with Crippen molar-refractivity contribution in [3.8, 4) is 0 Å². The molecule has 0 aliphatic heterocycles. The molecule has 0 aromatic carbocycles. The number of aryl methyl sites for hydroxylation is 3. The summed E-state index contributed by atoms with van der Waals surface area (Å²) in [5.41, 5.74) is 1.86. The Morgan fingerprint density at radius 1 is 1.37 bits per heavy atom. The molecule has 0 bridgehead atoms. The number of aromatic nitrogens is 2. The van der Waals surface area contributed by atoms with Gasteiger partial charge in [0.2, 0.25) is 5.78 Å². The zero-order valence-corrected chi connectivity index (χ0v) is 13.0. The van der Waals surface area contributed by atoms with Crippen molar-refractivity contribution in [2.24, 2.45) is 7.05 Å². The zero-order chi connectivity index (χ0) is 14.0. The number of Topliss-reactive ketones (excluding diaryl/α,β-unsaturated/α-hetero) is 1. The van der Waals surface area contributed by atoms with E-state index >= 15 is 0 Å². The first-order chi connectivity index (χ1) is 9.06. The zero-order valence-electron chi connectivity index (χ0n) is 11.4. The van der Waals surface area contributed by atoms with Crippen LogP contribution in [0.15, 0.2) is 21.0 Å². The van der Waals surface area contributed by atoms with Crippen LogP contribution in [0, 0.1) is 0 Å². The maximum Gasteiger partial charge on any atom is 0.203 e. The third-order valence-corrected chi connectivity index (χ3v) is 4.03. The van der Waals surface area contributed by atoms with Crippen molar-refractivity contribution in [2.75, 3.05) is 0 Å². The average Bonchev–Trinajstić information content (AvgIpc) is 2.98. The number of hydrogen-bond acceptors (Lipinski definition) is 3. The highest BCUT2D eigenvalue weighted by molar-refractivity contribution is 9.10. The normalized spacial score (nSPS) is 10.9. The van der Waals surface area contributed by atoms with Gasteiger partial charge in [0.1, 0.15) is 5.76 Å². The quantitative estimate of drug-likeness (QED) is 0.792. The molecule has 5 heteroatoms. The molecular weight excluding hydrogens is 308 g/mol. The summed E-state index contributed by atoms with van der Waals surface area (Å²) >= 11 is 3.52. The standard InChI is InChI=1S/C14H17BrN2O2/c1-4-9-6-7-13(19-9)12(18)8-11-14(15)10(5-2)16-17(11)3/h6-7H,4-5,8H2,1-3H3. The number of hydrogen-bond donors (Lipinski definition) is 0. The Morgan fingerprint density at radius 3 is 2.63 bits per heavy atom. The van der Waals surface area contributed by atoms with Crippen LogP contribution in [0.25, 0.3) is 0 Å². The monoisotopic (exact) mass is 324 g/mol. The first kappa shape index (κ1) is 14.1. The fourth-order valence-electron chi connectivity index (χ4n) is 1.97. The second-order valence-corrected chi connectivity index (χ2v) is 5.20. The summed E-state index contributed by atoms with van der Waals surface area (Å²) in [6, 6.07) is 3.59. The van der Waals surface area contributed by atoms with Gasteiger partial charge in [-0.3, -0.25) is 9.48 Å². The largest absolute Gasteiger partial charge is 0.458 e. The van der Waals surface area contributed by atoms with Crippen molar-refractivity contribution < 1.29 is 9.21 Å². The van der Waals surface area contributed by atoms with E-state index < -0.39 is 0 Å². The molecule has 0 aliphatic rings. The van der Waals surface area contributed by atoms with Crippen LogP contribution in [0.5, 0.6) is 0 Å². The van der Waals surface area contributed by atoms with Gasteiger partial charge in [-0.1, -0.05) is 13.8 Å². The topological polar surface area (TPSA) is 48.0 Å². The van der Waals surface area contributed by atoms with Gasteiger partial charge in [-0.05, 0) is 34.5 Å². The lowest BCUT2D eigenvalue weighted by molar-refractivity contribution is 0.0962. The molecule has 0 saturated carbocycles. The smallest absolute Gasteiger partial charge is 0.203 e. The van der Waals surface area contributed by atoms with Gasteiger partial charge in [0.25, 0.3) is 0 Å². The van der Waals surface area contributed by atoms with E-state index in [9.17, 15) is 4.79 Å². The van der Waals surface area contributed by atoms with Gasteiger partial charge < -0.3 is 4.42 Å². The number of carbonyl (C=O) groups is 1. The Hall–Kier alpha value is -1.36. The van der Waals surface area contributed by atoms with Gasteiger partial charge >= 0.3 is 0 Å². The van der Waals surface area contributed by atoms with Crippen LogP contribution in [0.4, 0.5) is 0 Å². The van der Waals surface area contributed by atoms with E-state index in [-0.39, 0.29) is 5.78 Å². The van der Waals surface area contributed by atoms with Crippen molar-refractivity contribution in [1.82, 2.24) is 9.78 Å². The van der Waals surface area contributed by atoms with Gasteiger partial charge in [0, 0.05) is 13.5 Å². The van der Waals surface area contributed by atoms with Gasteiger partial charge in [0.05, 0.1) is 22.3 Å². The SMILES string of the molecule is CCc1ccc(C(=O)Cc2c(Br)c(CC)nn2C)o1. The fraction of sp³-hybridized carbons (Fsp3) is 0.429. The molecule has 19 heavy (non-hydrogen) atoms. The van der Waals surface area contributed by atoms with Crippen LogP contribution < -0.4 is 0 Å². The first-order valence-electron chi connectivity index (χ1n) is 6.38. The van der Waals surface area contributed by atoms with Gasteiger partial charge in [0.15, 0.2) is 5.76 Å². The predicted molar refractivity (Wildman–Crippen MR) is 76.4 cm³/mol. The van der Waals surface area contributed by atoms with E-state index in [1.54, 1.807) is 10.7 Å². The molecule has 4 nitrogen and oxygen atoms in total. The molecule has 0 amide bonds. The number of nitrogens with zero attached hydrogens (tertiary/aromatic N) is 2. The minimum absolute atomic E-state index is 0.0222. The van der Waals surface area contributed by atoms with E-state index in [0.717, 1.165) is 34.5 Å². The predicted octanol–water partition coefficient (Wildman–Crippen LogP) is 3.33. The summed E-state index contributed by atoms with van der Waals surface area (Å²) < 4.78 is 8.16. The molecule has 2 aromatic heterocycles.